The Labute approximate surface area is 108 Å². The monoisotopic (exact) mass is 266 g/mol. The molecule has 0 aromatic carbocycles. The van der Waals surface area contributed by atoms with E-state index in [1.54, 1.807) is 18.3 Å². The van der Waals surface area contributed by atoms with Crippen LogP contribution in [0.25, 0.3) is 0 Å². The summed E-state index contributed by atoms with van der Waals surface area (Å²) < 4.78 is 1.86. The minimum atomic E-state index is -0.360. The van der Waals surface area contributed by atoms with E-state index in [0.29, 0.717) is 6.54 Å². The maximum Gasteiger partial charge on any atom is 0.324 e. The Morgan fingerprint density at radius 2 is 2.44 bits per heavy atom. The van der Waals surface area contributed by atoms with E-state index in [-0.39, 0.29) is 16.0 Å². The highest BCUT2D eigenvalue weighted by molar-refractivity contribution is 7.15. The summed E-state index contributed by atoms with van der Waals surface area (Å²) >= 11 is 1.21. The summed E-state index contributed by atoms with van der Waals surface area (Å²) in [4.78, 5) is 11.2. The molecule has 0 fully saturated rings. The van der Waals surface area contributed by atoms with Gasteiger partial charge in [0.25, 0.3) is 0 Å². The number of aromatic nitrogens is 2. The molecule has 0 aliphatic carbocycles. The molecule has 1 atom stereocenters. The first-order chi connectivity index (χ1) is 8.65. The molecule has 0 saturated carbocycles. The molecule has 1 N–H and O–H groups in total. The van der Waals surface area contributed by atoms with Crippen LogP contribution in [0.1, 0.15) is 11.8 Å². The molecule has 0 saturated heterocycles. The van der Waals surface area contributed by atoms with Crippen molar-refractivity contribution in [1.29, 1.82) is 0 Å². The van der Waals surface area contributed by atoms with Gasteiger partial charge in [-0.25, -0.2) is 0 Å². The molecule has 0 radical (unpaired) electrons. The first kappa shape index (κ1) is 12.7. The number of nitrogens with one attached hydrogen (secondary N) is 1. The zero-order valence-corrected chi connectivity index (χ0v) is 10.8. The van der Waals surface area contributed by atoms with Gasteiger partial charge in [0.05, 0.1) is 11.5 Å². The van der Waals surface area contributed by atoms with Gasteiger partial charge < -0.3 is 5.32 Å². The van der Waals surface area contributed by atoms with Crippen LogP contribution in [0.15, 0.2) is 30.6 Å². The van der Waals surface area contributed by atoms with E-state index < -0.39 is 0 Å². The highest BCUT2D eigenvalue weighted by Gasteiger charge is 2.10. The average Bonchev–Trinajstić information content (AvgIpc) is 2.96. The highest BCUT2D eigenvalue weighted by Crippen LogP contribution is 2.23. The van der Waals surface area contributed by atoms with Crippen molar-refractivity contribution in [2.45, 2.75) is 26.1 Å². The van der Waals surface area contributed by atoms with Crippen molar-refractivity contribution < 1.29 is 4.92 Å². The van der Waals surface area contributed by atoms with Crippen LogP contribution in [0.4, 0.5) is 5.00 Å². The molecular weight excluding hydrogens is 252 g/mol. The van der Waals surface area contributed by atoms with Gasteiger partial charge in [-0.15, -0.1) is 0 Å². The number of rotatable bonds is 6. The second kappa shape index (κ2) is 5.74. The molecule has 6 nitrogen and oxygen atoms in total. The van der Waals surface area contributed by atoms with E-state index >= 15 is 0 Å². The van der Waals surface area contributed by atoms with Crippen LogP contribution >= 0.6 is 11.3 Å². The summed E-state index contributed by atoms with van der Waals surface area (Å²) in [6.45, 7) is 3.48. The van der Waals surface area contributed by atoms with Crippen LogP contribution in [-0.4, -0.2) is 20.7 Å². The average molecular weight is 266 g/mol. The predicted octanol–water partition coefficient (Wildman–Crippen LogP) is 2.03. The third-order valence-corrected chi connectivity index (χ3v) is 3.51. The fourth-order valence-electron chi connectivity index (χ4n) is 1.59. The van der Waals surface area contributed by atoms with Gasteiger partial charge in [-0.3, -0.25) is 14.8 Å². The van der Waals surface area contributed by atoms with E-state index in [1.807, 2.05) is 16.9 Å². The number of hydrogen-bond donors (Lipinski definition) is 1. The maximum absolute atomic E-state index is 10.5. The normalized spacial score (nSPS) is 12.5. The Morgan fingerprint density at radius 1 is 1.61 bits per heavy atom. The van der Waals surface area contributed by atoms with Crippen molar-refractivity contribution in [3.05, 3.63) is 45.6 Å². The summed E-state index contributed by atoms with van der Waals surface area (Å²) in [5.41, 5.74) is 0. The fourth-order valence-corrected chi connectivity index (χ4v) is 2.36. The Balaban J connectivity index is 1.81. The lowest BCUT2D eigenvalue weighted by atomic mass is 10.3. The van der Waals surface area contributed by atoms with Gasteiger partial charge in [0, 0.05) is 35.9 Å². The minimum Gasteiger partial charge on any atom is -0.308 e. The highest BCUT2D eigenvalue weighted by atomic mass is 32.1. The molecule has 18 heavy (non-hydrogen) atoms. The summed E-state index contributed by atoms with van der Waals surface area (Å²) in [6, 6.07) is 5.47. The maximum atomic E-state index is 10.5. The van der Waals surface area contributed by atoms with Gasteiger partial charge in [0.1, 0.15) is 0 Å². The van der Waals surface area contributed by atoms with Crippen LogP contribution in [-0.2, 0) is 13.1 Å². The van der Waals surface area contributed by atoms with Crippen LogP contribution in [0.3, 0.4) is 0 Å². The molecule has 2 rings (SSSR count). The number of nitro groups is 1. The molecule has 2 aromatic heterocycles. The largest absolute Gasteiger partial charge is 0.324 e. The van der Waals surface area contributed by atoms with Crippen molar-refractivity contribution in [1.82, 2.24) is 15.1 Å². The van der Waals surface area contributed by atoms with E-state index in [4.69, 9.17) is 0 Å². The molecule has 96 valence electrons. The minimum absolute atomic E-state index is 0.187. The van der Waals surface area contributed by atoms with E-state index in [2.05, 4.69) is 17.3 Å². The fraction of sp³-hybridized carbons (Fsp3) is 0.364. The molecule has 2 aromatic rings. The van der Waals surface area contributed by atoms with E-state index in [0.717, 1.165) is 11.4 Å². The first-order valence-corrected chi connectivity index (χ1v) is 6.40. The van der Waals surface area contributed by atoms with E-state index in [9.17, 15) is 10.1 Å². The van der Waals surface area contributed by atoms with Crippen molar-refractivity contribution >= 4 is 16.3 Å². The van der Waals surface area contributed by atoms with E-state index in [1.165, 1.54) is 11.3 Å². The van der Waals surface area contributed by atoms with Crippen molar-refractivity contribution in [2.75, 3.05) is 0 Å². The quantitative estimate of drug-likeness (QED) is 0.641. The van der Waals surface area contributed by atoms with Gasteiger partial charge >= 0.3 is 5.00 Å². The lowest BCUT2D eigenvalue weighted by Crippen LogP contribution is -2.29. The van der Waals surface area contributed by atoms with Gasteiger partial charge in [0.2, 0.25) is 0 Å². The molecule has 0 aliphatic heterocycles. The third-order valence-electron chi connectivity index (χ3n) is 2.47. The second-order valence-corrected chi connectivity index (χ2v) is 5.15. The number of nitrogens with zero attached hydrogens (tertiary/aromatic N) is 3. The van der Waals surface area contributed by atoms with Crippen LogP contribution < -0.4 is 5.32 Å². The van der Waals surface area contributed by atoms with Crippen LogP contribution in [0.5, 0.6) is 0 Å². The Hall–Kier alpha value is -1.73. The first-order valence-electron chi connectivity index (χ1n) is 5.59. The van der Waals surface area contributed by atoms with Gasteiger partial charge in [-0.1, -0.05) is 11.3 Å². The SMILES string of the molecule is CC(Cn1cccn1)NCc1ccc([N+](=O)[O-])s1. The third kappa shape index (κ3) is 3.38. The standard InChI is InChI=1S/C11H14N4O2S/c1-9(8-14-6-2-5-13-14)12-7-10-3-4-11(18-10)15(16)17/h2-6,9,12H,7-8H2,1H3. The van der Waals surface area contributed by atoms with Gasteiger partial charge in [0.15, 0.2) is 0 Å². The summed E-state index contributed by atoms with van der Waals surface area (Å²) in [5, 5.41) is 18.2. The molecule has 2 heterocycles. The molecule has 0 aliphatic rings. The second-order valence-electron chi connectivity index (χ2n) is 4.01. The summed E-state index contributed by atoms with van der Waals surface area (Å²) in [6.07, 6.45) is 3.66. The van der Waals surface area contributed by atoms with Crippen molar-refractivity contribution in [3.8, 4) is 0 Å². The lowest BCUT2D eigenvalue weighted by Gasteiger charge is -2.12. The molecule has 7 heteroatoms. The molecule has 0 amide bonds. The van der Waals surface area contributed by atoms with Crippen LogP contribution in [0.2, 0.25) is 0 Å². The predicted molar refractivity (Wildman–Crippen MR) is 69.5 cm³/mol. The Kier molecular flexibility index (Phi) is 4.06. The number of thiophene rings is 1. The summed E-state index contributed by atoms with van der Waals surface area (Å²) in [5.74, 6) is 0. The van der Waals surface area contributed by atoms with Crippen LogP contribution in [0, 0.1) is 10.1 Å². The van der Waals surface area contributed by atoms with Crippen molar-refractivity contribution in [2.24, 2.45) is 0 Å². The molecule has 1 unspecified atom stereocenters. The molecule has 0 spiro atoms. The topological polar surface area (TPSA) is 73.0 Å². The lowest BCUT2D eigenvalue weighted by molar-refractivity contribution is -0.380. The Morgan fingerprint density at radius 3 is 3.06 bits per heavy atom. The molecule has 0 bridgehead atoms. The van der Waals surface area contributed by atoms with Gasteiger partial charge in [-0.05, 0) is 19.1 Å². The number of hydrogen-bond acceptors (Lipinski definition) is 5. The zero-order valence-electron chi connectivity index (χ0n) is 9.94. The Bertz CT molecular complexity index is 509. The summed E-state index contributed by atoms with van der Waals surface area (Å²) in [7, 11) is 0. The smallest absolute Gasteiger partial charge is 0.308 e. The van der Waals surface area contributed by atoms with Crippen molar-refractivity contribution in [3.63, 3.8) is 0 Å². The van der Waals surface area contributed by atoms with Gasteiger partial charge in [-0.2, -0.15) is 5.10 Å². The molecular formula is C11H14N4O2S. The zero-order chi connectivity index (χ0) is 13.0.